The number of nitrogens with zero attached hydrogens (tertiary/aromatic N) is 3. The molecule has 2 heterocycles. The standard InChI is InChI=1S/C12H12BrN3/c13-9-5-6-12(14-7-9)16-8-15-10-3-1-2-4-11(10)16/h5-8H,1-4H2. The van der Waals surface area contributed by atoms with Gasteiger partial charge in [0.05, 0.1) is 5.69 Å². The highest BCUT2D eigenvalue weighted by atomic mass is 79.9. The van der Waals surface area contributed by atoms with Crippen LogP contribution >= 0.6 is 15.9 Å². The largest absolute Gasteiger partial charge is 0.287 e. The summed E-state index contributed by atoms with van der Waals surface area (Å²) in [5.74, 6) is 0.957. The van der Waals surface area contributed by atoms with E-state index in [1.165, 1.54) is 24.2 Å². The molecule has 16 heavy (non-hydrogen) atoms. The third-order valence-electron chi connectivity index (χ3n) is 2.99. The highest BCUT2D eigenvalue weighted by molar-refractivity contribution is 9.10. The summed E-state index contributed by atoms with van der Waals surface area (Å²) >= 11 is 3.40. The highest BCUT2D eigenvalue weighted by Gasteiger charge is 2.16. The fourth-order valence-electron chi connectivity index (χ4n) is 2.18. The van der Waals surface area contributed by atoms with Crippen LogP contribution in [0.5, 0.6) is 0 Å². The van der Waals surface area contributed by atoms with Gasteiger partial charge in [-0.3, -0.25) is 4.57 Å². The molecular weight excluding hydrogens is 266 g/mol. The topological polar surface area (TPSA) is 30.7 Å². The molecule has 0 amide bonds. The molecule has 1 aliphatic rings. The number of aryl methyl sites for hydroxylation is 1. The van der Waals surface area contributed by atoms with Crippen molar-refractivity contribution >= 4 is 15.9 Å². The van der Waals surface area contributed by atoms with E-state index >= 15 is 0 Å². The summed E-state index contributed by atoms with van der Waals surface area (Å²) in [5.41, 5.74) is 2.58. The summed E-state index contributed by atoms with van der Waals surface area (Å²) in [6, 6.07) is 4.03. The number of rotatable bonds is 1. The van der Waals surface area contributed by atoms with Crippen LogP contribution in [-0.4, -0.2) is 14.5 Å². The molecule has 3 rings (SSSR count). The van der Waals surface area contributed by atoms with E-state index in [1.54, 1.807) is 0 Å². The number of halogens is 1. The first kappa shape index (κ1) is 10.0. The molecule has 0 atom stereocenters. The van der Waals surface area contributed by atoms with Crippen molar-refractivity contribution in [3.63, 3.8) is 0 Å². The lowest BCUT2D eigenvalue weighted by atomic mass is 10.0. The van der Waals surface area contributed by atoms with Gasteiger partial charge in [-0.25, -0.2) is 9.97 Å². The van der Waals surface area contributed by atoms with Gasteiger partial charge in [-0.15, -0.1) is 0 Å². The van der Waals surface area contributed by atoms with Gasteiger partial charge >= 0.3 is 0 Å². The molecule has 2 aromatic heterocycles. The van der Waals surface area contributed by atoms with Gasteiger partial charge in [0.2, 0.25) is 0 Å². The lowest BCUT2D eigenvalue weighted by molar-refractivity contribution is 0.654. The Morgan fingerprint density at radius 3 is 2.81 bits per heavy atom. The van der Waals surface area contributed by atoms with Crippen LogP contribution in [0.25, 0.3) is 5.82 Å². The fourth-order valence-corrected chi connectivity index (χ4v) is 2.41. The Morgan fingerprint density at radius 2 is 2.00 bits per heavy atom. The molecule has 1 aliphatic carbocycles. The zero-order valence-electron chi connectivity index (χ0n) is 8.86. The van der Waals surface area contributed by atoms with Crippen molar-refractivity contribution < 1.29 is 0 Å². The number of hydrogen-bond donors (Lipinski definition) is 0. The fraction of sp³-hybridized carbons (Fsp3) is 0.333. The van der Waals surface area contributed by atoms with E-state index in [1.807, 2.05) is 24.7 Å². The van der Waals surface area contributed by atoms with Gasteiger partial charge in [-0.1, -0.05) is 0 Å². The SMILES string of the molecule is Brc1ccc(-n2cnc3c2CCCC3)nc1. The van der Waals surface area contributed by atoms with E-state index in [9.17, 15) is 0 Å². The molecule has 0 spiro atoms. The predicted octanol–water partition coefficient (Wildman–Crippen LogP) is 2.91. The number of hydrogen-bond acceptors (Lipinski definition) is 2. The number of pyridine rings is 1. The van der Waals surface area contributed by atoms with Gasteiger partial charge in [0.15, 0.2) is 0 Å². The first-order valence-corrected chi connectivity index (χ1v) is 6.31. The van der Waals surface area contributed by atoms with Crippen molar-refractivity contribution in [2.45, 2.75) is 25.7 Å². The maximum absolute atomic E-state index is 4.47. The van der Waals surface area contributed by atoms with Crippen molar-refractivity contribution in [3.05, 3.63) is 40.5 Å². The molecule has 4 heteroatoms. The van der Waals surface area contributed by atoms with Crippen LogP contribution in [0.2, 0.25) is 0 Å². The van der Waals surface area contributed by atoms with Crippen LogP contribution in [0, 0.1) is 0 Å². The smallest absolute Gasteiger partial charge is 0.138 e. The summed E-state index contributed by atoms with van der Waals surface area (Å²) in [7, 11) is 0. The Kier molecular flexibility index (Phi) is 2.52. The Bertz CT molecular complexity index is 501. The van der Waals surface area contributed by atoms with Gasteiger partial charge in [0.25, 0.3) is 0 Å². The van der Waals surface area contributed by atoms with E-state index in [0.717, 1.165) is 23.1 Å². The van der Waals surface area contributed by atoms with Crippen LogP contribution in [0.15, 0.2) is 29.1 Å². The maximum atomic E-state index is 4.47. The number of aromatic nitrogens is 3. The molecule has 0 fully saturated rings. The van der Waals surface area contributed by atoms with Crippen molar-refractivity contribution in [2.24, 2.45) is 0 Å². The van der Waals surface area contributed by atoms with Crippen molar-refractivity contribution in [3.8, 4) is 5.82 Å². The van der Waals surface area contributed by atoms with Gasteiger partial charge in [0, 0.05) is 16.4 Å². The number of imidazole rings is 1. The summed E-state index contributed by atoms with van der Waals surface area (Å²) in [6.45, 7) is 0. The normalized spacial score (nSPS) is 14.8. The summed E-state index contributed by atoms with van der Waals surface area (Å²) in [6.07, 6.45) is 8.47. The average molecular weight is 278 g/mol. The second-order valence-corrected chi connectivity index (χ2v) is 4.97. The minimum absolute atomic E-state index is 0.957. The zero-order valence-corrected chi connectivity index (χ0v) is 10.4. The van der Waals surface area contributed by atoms with Crippen molar-refractivity contribution in [1.82, 2.24) is 14.5 Å². The molecular formula is C12H12BrN3. The van der Waals surface area contributed by atoms with Gasteiger partial charge in [-0.2, -0.15) is 0 Å². The molecule has 0 saturated carbocycles. The van der Waals surface area contributed by atoms with Crippen LogP contribution in [-0.2, 0) is 12.8 Å². The molecule has 0 aromatic carbocycles. The van der Waals surface area contributed by atoms with Crippen LogP contribution in [0.3, 0.4) is 0 Å². The van der Waals surface area contributed by atoms with Crippen LogP contribution in [0.4, 0.5) is 0 Å². The van der Waals surface area contributed by atoms with E-state index in [4.69, 9.17) is 0 Å². The molecule has 82 valence electrons. The second kappa shape index (κ2) is 4.01. The third kappa shape index (κ3) is 1.67. The highest BCUT2D eigenvalue weighted by Crippen LogP contribution is 2.22. The van der Waals surface area contributed by atoms with Gasteiger partial charge in [0.1, 0.15) is 12.1 Å². The minimum atomic E-state index is 0.957. The first-order valence-electron chi connectivity index (χ1n) is 5.51. The molecule has 0 unspecified atom stereocenters. The monoisotopic (exact) mass is 277 g/mol. The van der Waals surface area contributed by atoms with Gasteiger partial charge in [-0.05, 0) is 53.7 Å². The Morgan fingerprint density at radius 1 is 1.12 bits per heavy atom. The first-order chi connectivity index (χ1) is 7.84. The molecule has 0 aliphatic heterocycles. The molecule has 0 N–H and O–H groups in total. The zero-order chi connectivity index (χ0) is 11.0. The molecule has 0 bridgehead atoms. The van der Waals surface area contributed by atoms with Crippen LogP contribution < -0.4 is 0 Å². The molecule has 2 aromatic rings. The maximum Gasteiger partial charge on any atom is 0.138 e. The van der Waals surface area contributed by atoms with Crippen molar-refractivity contribution in [1.29, 1.82) is 0 Å². The quantitative estimate of drug-likeness (QED) is 0.803. The lowest BCUT2D eigenvalue weighted by Crippen LogP contribution is -2.07. The Balaban J connectivity index is 2.06. The minimum Gasteiger partial charge on any atom is -0.287 e. The Labute approximate surface area is 103 Å². The Hall–Kier alpha value is -1.16. The van der Waals surface area contributed by atoms with E-state index in [2.05, 4.69) is 30.5 Å². The van der Waals surface area contributed by atoms with Gasteiger partial charge < -0.3 is 0 Å². The third-order valence-corrected chi connectivity index (χ3v) is 3.46. The number of fused-ring (bicyclic) bond motifs is 1. The summed E-state index contributed by atoms with van der Waals surface area (Å²) < 4.78 is 3.12. The molecule has 0 radical (unpaired) electrons. The lowest BCUT2D eigenvalue weighted by Gasteiger charge is -2.13. The van der Waals surface area contributed by atoms with E-state index in [0.29, 0.717) is 0 Å². The second-order valence-electron chi connectivity index (χ2n) is 4.05. The average Bonchev–Trinajstić information content (AvgIpc) is 2.74. The van der Waals surface area contributed by atoms with Crippen molar-refractivity contribution in [2.75, 3.05) is 0 Å². The molecule has 3 nitrogen and oxygen atoms in total. The predicted molar refractivity (Wildman–Crippen MR) is 65.7 cm³/mol. The van der Waals surface area contributed by atoms with E-state index in [-0.39, 0.29) is 0 Å². The molecule has 0 saturated heterocycles. The van der Waals surface area contributed by atoms with Crippen LogP contribution in [0.1, 0.15) is 24.2 Å². The summed E-state index contributed by atoms with van der Waals surface area (Å²) in [5, 5.41) is 0. The van der Waals surface area contributed by atoms with E-state index < -0.39 is 0 Å². The summed E-state index contributed by atoms with van der Waals surface area (Å²) in [4.78, 5) is 8.87.